The number of rotatable bonds is 7. The zero-order valence-corrected chi connectivity index (χ0v) is 14.0. The lowest BCUT2D eigenvalue weighted by atomic mass is 9.98. The van der Waals surface area contributed by atoms with Crippen LogP contribution in [0.5, 0.6) is 11.5 Å². The minimum absolute atomic E-state index is 0. The fourth-order valence-corrected chi connectivity index (χ4v) is 2.34. The highest BCUT2D eigenvalue weighted by molar-refractivity contribution is 5.85. The van der Waals surface area contributed by atoms with Gasteiger partial charge in [-0.25, -0.2) is 0 Å². The Morgan fingerprint density at radius 1 is 0.870 bits per heavy atom. The molecule has 0 saturated heterocycles. The number of nitrogens with one attached hydrogen (secondary N) is 1. The van der Waals surface area contributed by atoms with Crippen LogP contribution in [-0.4, -0.2) is 28.4 Å². The van der Waals surface area contributed by atoms with Gasteiger partial charge in [0.25, 0.3) is 0 Å². The maximum atomic E-state index is 10.1. The Bertz CT molecular complexity index is 518. The van der Waals surface area contributed by atoms with Gasteiger partial charge in [-0.1, -0.05) is 31.2 Å². The van der Waals surface area contributed by atoms with Gasteiger partial charge in [0, 0.05) is 6.54 Å². The topological polar surface area (TPSA) is 72.7 Å². The monoisotopic (exact) mass is 337 g/mol. The number of hydrogen-bond donors (Lipinski definition) is 4. The summed E-state index contributed by atoms with van der Waals surface area (Å²) in [7, 11) is 0. The molecule has 2 aromatic carbocycles. The van der Waals surface area contributed by atoms with Crippen LogP contribution in [0.15, 0.2) is 48.5 Å². The highest BCUT2D eigenvalue weighted by Gasteiger charge is 2.08. The molecule has 0 amide bonds. The second-order valence-electron chi connectivity index (χ2n) is 5.59. The predicted octanol–water partition coefficient (Wildman–Crippen LogP) is 3.34. The Kier molecular flexibility index (Phi) is 7.89. The van der Waals surface area contributed by atoms with Crippen LogP contribution in [0.25, 0.3) is 0 Å². The van der Waals surface area contributed by atoms with Crippen LogP contribution in [-0.2, 0) is 0 Å². The first-order valence-corrected chi connectivity index (χ1v) is 7.53. The number of halogens is 1. The lowest BCUT2D eigenvalue weighted by Gasteiger charge is -2.15. The molecule has 0 bridgehead atoms. The van der Waals surface area contributed by atoms with Gasteiger partial charge in [0.2, 0.25) is 0 Å². The van der Waals surface area contributed by atoms with Crippen molar-refractivity contribution in [3.63, 3.8) is 0 Å². The fraction of sp³-hybridized carbons (Fsp3) is 0.333. The molecule has 2 atom stereocenters. The van der Waals surface area contributed by atoms with Gasteiger partial charge in [0.05, 0.1) is 6.10 Å². The highest BCUT2D eigenvalue weighted by Crippen LogP contribution is 2.21. The van der Waals surface area contributed by atoms with E-state index in [0.717, 1.165) is 18.5 Å². The first kappa shape index (κ1) is 19.3. The number of phenols is 2. The van der Waals surface area contributed by atoms with Gasteiger partial charge in [-0.15, -0.1) is 12.4 Å². The van der Waals surface area contributed by atoms with Crippen LogP contribution in [0.3, 0.4) is 0 Å². The molecule has 2 aromatic rings. The summed E-state index contributed by atoms with van der Waals surface area (Å²) in [5, 5.41) is 31.8. The van der Waals surface area contributed by atoms with Gasteiger partial charge in [-0.2, -0.15) is 0 Å². The summed E-state index contributed by atoms with van der Waals surface area (Å²) in [5.41, 5.74) is 1.98. The molecule has 0 fully saturated rings. The first-order valence-electron chi connectivity index (χ1n) is 7.53. The molecule has 5 heteroatoms. The molecule has 0 aromatic heterocycles. The molecule has 0 saturated carbocycles. The smallest absolute Gasteiger partial charge is 0.115 e. The molecule has 126 valence electrons. The van der Waals surface area contributed by atoms with Gasteiger partial charge < -0.3 is 20.6 Å². The third kappa shape index (κ3) is 6.10. The summed E-state index contributed by atoms with van der Waals surface area (Å²) in [6.45, 7) is 3.43. The molecule has 4 N–H and O–H groups in total. The average molecular weight is 338 g/mol. The fourth-order valence-electron chi connectivity index (χ4n) is 2.34. The summed E-state index contributed by atoms with van der Waals surface area (Å²) in [6, 6.07) is 13.9. The molecule has 23 heavy (non-hydrogen) atoms. The van der Waals surface area contributed by atoms with Gasteiger partial charge >= 0.3 is 0 Å². The Morgan fingerprint density at radius 3 is 1.87 bits per heavy atom. The van der Waals surface area contributed by atoms with Crippen LogP contribution >= 0.6 is 12.4 Å². The molecule has 0 aliphatic heterocycles. The molecule has 1 unspecified atom stereocenters. The van der Waals surface area contributed by atoms with Crippen molar-refractivity contribution >= 4 is 12.4 Å². The maximum absolute atomic E-state index is 10.1. The third-order valence-electron chi connectivity index (χ3n) is 3.83. The van der Waals surface area contributed by atoms with E-state index < -0.39 is 6.10 Å². The summed E-state index contributed by atoms with van der Waals surface area (Å²) in [4.78, 5) is 0. The van der Waals surface area contributed by atoms with E-state index in [4.69, 9.17) is 0 Å². The normalized spacial score (nSPS) is 13.1. The van der Waals surface area contributed by atoms with Crippen LogP contribution in [0.2, 0.25) is 0 Å². The van der Waals surface area contributed by atoms with Crippen molar-refractivity contribution in [2.45, 2.75) is 25.4 Å². The summed E-state index contributed by atoms with van der Waals surface area (Å²) in [5.74, 6) is 0.872. The number of phenolic OH excluding ortho intramolecular Hbond substituents is 2. The quantitative estimate of drug-likeness (QED) is 0.585. The summed E-state index contributed by atoms with van der Waals surface area (Å²) < 4.78 is 0. The van der Waals surface area contributed by atoms with Crippen LogP contribution < -0.4 is 5.32 Å². The number of aliphatic hydroxyl groups is 1. The van der Waals surface area contributed by atoms with Crippen LogP contribution in [0.4, 0.5) is 0 Å². The molecule has 0 heterocycles. The summed E-state index contributed by atoms with van der Waals surface area (Å²) >= 11 is 0. The van der Waals surface area contributed by atoms with Crippen molar-refractivity contribution in [2.24, 2.45) is 0 Å². The predicted molar refractivity (Wildman–Crippen MR) is 94.3 cm³/mol. The second kappa shape index (κ2) is 9.40. The van der Waals surface area contributed by atoms with E-state index in [1.54, 1.807) is 36.4 Å². The lowest BCUT2D eigenvalue weighted by molar-refractivity contribution is 0.174. The maximum Gasteiger partial charge on any atom is 0.115 e. The number of benzene rings is 2. The van der Waals surface area contributed by atoms with Crippen molar-refractivity contribution in [1.82, 2.24) is 5.32 Å². The Morgan fingerprint density at radius 2 is 1.35 bits per heavy atom. The van der Waals surface area contributed by atoms with Crippen molar-refractivity contribution in [3.05, 3.63) is 59.7 Å². The third-order valence-corrected chi connectivity index (χ3v) is 3.83. The molecule has 0 radical (unpaired) electrons. The molecular formula is C18H24ClNO3. The molecule has 0 spiro atoms. The Hall–Kier alpha value is -1.75. The van der Waals surface area contributed by atoms with E-state index in [1.165, 1.54) is 5.56 Å². The SMILES string of the molecule is C[C@H](CCNCC(O)c1ccc(O)cc1)c1ccc(O)cc1.Cl. The van der Waals surface area contributed by atoms with Gasteiger partial charge in [0.15, 0.2) is 0 Å². The zero-order chi connectivity index (χ0) is 15.9. The van der Waals surface area contributed by atoms with Crippen molar-refractivity contribution in [2.75, 3.05) is 13.1 Å². The van der Waals surface area contributed by atoms with E-state index in [0.29, 0.717) is 12.5 Å². The Labute approximate surface area is 143 Å². The minimum Gasteiger partial charge on any atom is -0.508 e. The number of hydrogen-bond acceptors (Lipinski definition) is 4. The van der Waals surface area contributed by atoms with E-state index in [2.05, 4.69) is 12.2 Å². The van der Waals surface area contributed by atoms with E-state index in [9.17, 15) is 15.3 Å². The largest absolute Gasteiger partial charge is 0.508 e. The average Bonchev–Trinajstić information content (AvgIpc) is 2.52. The molecule has 0 aliphatic carbocycles. The van der Waals surface area contributed by atoms with Crippen molar-refractivity contribution in [1.29, 1.82) is 0 Å². The Balaban J connectivity index is 0.00000264. The minimum atomic E-state index is -0.579. The van der Waals surface area contributed by atoms with E-state index >= 15 is 0 Å². The first-order chi connectivity index (χ1) is 10.6. The number of aromatic hydroxyl groups is 2. The van der Waals surface area contributed by atoms with E-state index in [1.807, 2.05) is 12.1 Å². The molecular weight excluding hydrogens is 314 g/mol. The van der Waals surface area contributed by atoms with Crippen LogP contribution in [0.1, 0.15) is 36.5 Å². The van der Waals surface area contributed by atoms with Crippen molar-refractivity contribution < 1.29 is 15.3 Å². The van der Waals surface area contributed by atoms with Gasteiger partial charge in [-0.3, -0.25) is 0 Å². The van der Waals surface area contributed by atoms with Crippen molar-refractivity contribution in [3.8, 4) is 11.5 Å². The van der Waals surface area contributed by atoms with Gasteiger partial charge in [0.1, 0.15) is 11.5 Å². The standard InChI is InChI=1S/C18H23NO3.ClH/c1-13(14-2-6-16(20)7-3-14)10-11-19-12-18(22)15-4-8-17(21)9-5-15;/h2-9,13,18-22H,10-12H2,1H3;1H/t13-,18?;/m1./s1. The molecule has 2 rings (SSSR count). The molecule has 0 aliphatic rings. The number of aliphatic hydroxyl groups excluding tert-OH is 1. The van der Waals surface area contributed by atoms with Gasteiger partial charge in [-0.05, 0) is 54.3 Å². The zero-order valence-electron chi connectivity index (χ0n) is 13.1. The lowest BCUT2D eigenvalue weighted by Crippen LogP contribution is -2.23. The second-order valence-corrected chi connectivity index (χ2v) is 5.59. The van der Waals surface area contributed by atoms with E-state index in [-0.39, 0.29) is 23.9 Å². The highest BCUT2D eigenvalue weighted by atomic mass is 35.5. The van der Waals surface area contributed by atoms with Crippen LogP contribution in [0, 0.1) is 0 Å². The summed E-state index contributed by atoms with van der Waals surface area (Å²) in [6.07, 6.45) is 0.372. The molecule has 4 nitrogen and oxygen atoms in total.